The number of rotatable bonds is 4. The highest BCUT2D eigenvalue weighted by Crippen LogP contribution is 2.26. The zero-order chi connectivity index (χ0) is 13.0. The number of hydrogen-bond acceptors (Lipinski definition) is 3. The molecule has 0 spiro atoms. The van der Waals surface area contributed by atoms with Crippen molar-refractivity contribution in [3.63, 3.8) is 0 Å². The van der Waals surface area contributed by atoms with Gasteiger partial charge in [0.15, 0.2) is 0 Å². The molecular weight excluding hydrogens is 229 g/mol. The molecule has 0 fully saturated rings. The molecule has 0 atom stereocenters. The second-order valence-electron chi connectivity index (χ2n) is 3.87. The molecular formula is C14H16FN3. The summed E-state index contributed by atoms with van der Waals surface area (Å²) in [5.41, 5.74) is 2.00. The smallest absolute Gasteiger partial charge is 0.127 e. The molecule has 1 aromatic heterocycles. The molecule has 0 aliphatic heterocycles. The Balaban J connectivity index is 2.35. The predicted molar refractivity (Wildman–Crippen MR) is 72.9 cm³/mol. The van der Waals surface area contributed by atoms with E-state index in [4.69, 9.17) is 0 Å². The average Bonchev–Trinajstić information content (AvgIpc) is 2.42. The van der Waals surface area contributed by atoms with Gasteiger partial charge in [0.2, 0.25) is 0 Å². The lowest BCUT2D eigenvalue weighted by Gasteiger charge is -2.23. The fraction of sp³-hybridized carbons (Fsp3) is 0.214. The number of pyridine rings is 1. The quantitative estimate of drug-likeness (QED) is 0.894. The molecule has 18 heavy (non-hydrogen) atoms. The summed E-state index contributed by atoms with van der Waals surface area (Å²) in [4.78, 5) is 6.28. The van der Waals surface area contributed by atoms with Crippen molar-refractivity contribution in [2.24, 2.45) is 0 Å². The molecule has 3 nitrogen and oxygen atoms in total. The molecule has 2 aromatic rings. The van der Waals surface area contributed by atoms with Crippen molar-refractivity contribution in [1.29, 1.82) is 0 Å². The van der Waals surface area contributed by atoms with E-state index in [1.807, 2.05) is 19.2 Å². The number of halogens is 1. The van der Waals surface area contributed by atoms with Crippen LogP contribution in [0.1, 0.15) is 6.92 Å². The van der Waals surface area contributed by atoms with Gasteiger partial charge < -0.3 is 10.2 Å². The number of benzene rings is 1. The van der Waals surface area contributed by atoms with Crippen LogP contribution < -0.4 is 10.2 Å². The standard InChI is InChI=1S/C14H16FN3/c1-3-18(12-6-4-11(15)5-7-12)13-8-9-17-14(10-13)16-2/h4-10H,3H2,1-2H3,(H,16,17). The predicted octanol–water partition coefficient (Wildman–Crippen LogP) is 3.42. The fourth-order valence-electron chi connectivity index (χ4n) is 1.86. The number of nitrogens with one attached hydrogen (secondary N) is 1. The Morgan fingerprint density at radius 3 is 2.50 bits per heavy atom. The third-order valence-corrected chi connectivity index (χ3v) is 2.77. The van der Waals surface area contributed by atoms with Gasteiger partial charge in [-0.15, -0.1) is 0 Å². The van der Waals surface area contributed by atoms with Gasteiger partial charge in [-0.2, -0.15) is 0 Å². The van der Waals surface area contributed by atoms with Crippen LogP contribution in [0.2, 0.25) is 0 Å². The summed E-state index contributed by atoms with van der Waals surface area (Å²) in [6.07, 6.45) is 1.76. The summed E-state index contributed by atoms with van der Waals surface area (Å²) in [5, 5.41) is 3.01. The zero-order valence-corrected chi connectivity index (χ0v) is 10.5. The largest absolute Gasteiger partial charge is 0.373 e. The molecule has 1 aromatic carbocycles. The number of anilines is 3. The third-order valence-electron chi connectivity index (χ3n) is 2.77. The molecule has 0 radical (unpaired) electrons. The van der Waals surface area contributed by atoms with Crippen molar-refractivity contribution >= 4 is 17.2 Å². The van der Waals surface area contributed by atoms with Crippen LogP contribution in [0.15, 0.2) is 42.6 Å². The van der Waals surface area contributed by atoms with Crippen LogP contribution in [-0.2, 0) is 0 Å². The Hall–Kier alpha value is -2.10. The van der Waals surface area contributed by atoms with E-state index in [9.17, 15) is 4.39 Å². The van der Waals surface area contributed by atoms with Crippen LogP contribution >= 0.6 is 0 Å². The molecule has 0 amide bonds. The lowest BCUT2D eigenvalue weighted by Crippen LogP contribution is -2.16. The number of nitrogens with zero attached hydrogens (tertiary/aromatic N) is 2. The maximum absolute atomic E-state index is 12.9. The van der Waals surface area contributed by atoms with Crippen LogP contribution in [0.5, 0.6) is 0 Å². The summed E-state index contributed by atoms with van der Waals surface area (Å²) >= 11 is 0. The Labute approximate surface area is 106 Å². The van der Waals surface area contributed by atoms with Crippen molar-refractivity contribution in [2.45, 2.75) is 6.92 Å². The lowest BCUT2D eigenvalue weighted by atomic mass is 10.2. The van der Waals surface area contributed by atoms with E-state index in [-0.39, 0.29) is 5.82 Å². The number of hydrogen-bond donors (Lipinski definition) is 1. The van der Waals surface area contributed by atoms with Crippen molar-refractivity contribution in [1.82, 2.24) is 4.98 Å². The van der Waals surface area contributed by atoms with E-state index in [0.717, 1.165) is 23.7 Å². The Morgan fingerprint density at radius 2 is 1.89 bits per heavy atom. The molecule has 0 aliphatic carbocycles. The van der Waals surface area contributed by atoms with E-state index in [1.165, 1.54) is 12.1 Å². The minimum absolute atomic E-state index is 0.222. The van der Waals surface area contributed by atoms with Gasteiger partial charge in [0, 0.05) is 37.2 Å². The Kier molecular flexibility index (Phi) is 3.77. The van der Waals surface area contributed by atoms with Crippen molar-refractivity contribution < 1.29 is 4.39 Å². The van der Waals surface area contributed by atoms with Crippen LogP contribution in [0.4, 0.5) is 21.6 Å². The summed E-state index contributed by atoms with van der Waals surface area (Å²) < 4.78 is 12.9. The average molecular weight is 245 g/mol. The van der Waals surface area contributed by atoms with Gasteiger partial charge in [0.1, 0.15) is 11.6 Å². The highest BCUT2D eigenvalue weighted by atomic mass is 19.1. The first kappa shape index (κ1) is 12.4. The molecule has 4 heteroatoms. The van der Waals surface area contributed by atoms with Gasteiger partial charge >= 0.3 is 0 Å². The second kappa shape index (κ2) is 5.49. The van der Waals surface area contributed by atoms with Crippen molar-refractivity contribution in [3.05, 3.63) is 48.4 Å². The molecule has 0 aliphatic rings. The van der Waals surface area contributed by atoms with Gasteiger partial charge in [-0.25, -0.2) is 9.37 Å². The van der Waals surface area contributed by atoms with E-state index in [2.05, 4.69) is 22.1 Å². The first-order chi connectivity index (χ1) is 8.74. The normalized spacial score (nSPS) is 10.2. The number of aromatic nitrogens is 1. The van der Waals surface area contributed by atoms with E-state index in [0.29, 0.717) is 0 Å². The molecule has 94 valence electrons. The monoisotopic (exact) mass is 245 g/mol. The van der Waals surface area contributed by atoms with Crippen LogP contribution in [-0.4, -0.2) is 18.6 Å². The van der Waals surface area contributed by atoms with Gasteiger partial charge in [0.05, 0.1) is 0 Å². The SMILES string of the molecule is CCN(c1ccc(F)cc1)c1ccnc(NC)c1. The highest BCUT2D eigenvalue weighted by molar-refractivity contribution is 5.65. The summed E-state index contributed by atoms with van der Waals surface area (Å²) in [6.45, 7) is 2.86. The zero-order valence-electron chi connectivity index (χ0n) is 10.5. The van der Waals surface area contributed by atoms with Crippen LogP contribution in [0.25, 0.3) is 0 Å². The van der Waals surface area contributed by atoms with Crippen molar-refractivity contribution in [2.75, 3.05) is 23.8 Å². The maximum atomic E-state index is 12.9. The first-order valence-electron chi connectivity index (χ1n) is 5.91. The second-order valence-corrected chi connectivity index (χ2v) is 3.87. The molecule has 0 bridgehead atoms. The van der Waals surface area contributed by atoms with Crippen LogP contribution in [0, 0.1) is 5.82 Å². The minimum atomic E-state index is -0.222. The Bertz CT molecular complexity index is 511. The topological polar surface area (TPSA) is 28.2 Å². The minimum Gasteiger partial charge on any atom is -0.373 e. The summed E-state index contributed by atoms with van der Waals surface area (Å²) in [6, 6.07) is 10.4. The maximum Gasteiger partial charge on any atom is 0.127 e. The van der Waals surface area contributed by atoms with Crippen LogP contribution in [0.3, 0.4) is 0 Å². The first-order valence-corrected chi connectivity index (χ1v) is 5.91. The lowest BCUT2D eigenvalue weighted by molar-refractivity contribution is 0.628. The molecule has 1 heterocycles. The van der Waals surface area contributed by atoms with Crippen molar-refractivity contribution in [3.8, 4) is 0 Å². The molecule has 0 saturated heterocycles. The molecule has 1 N–H and O–H groups in total. The Morgan fingerprint density at radius 1 is 1.17 bits per heavy atom. The van der Waals surface area contributed by atoms with Gasteiger partial charge in [-0.05, 0) is 37.3 Å². The molecule has 0 unspecified atom stereocenters. The summed E-state index contributed by atoms with van der Waals surface area (Å²) in [7, 11) is 1.83. The van der Waals surface area contributed by atoms with Gasteiger partial charge in [0.25, 0.3) is 0 Å². The summed E-state index contributed by atoms with van der Waals surface area (Å²) in [5.74, 6) is 0.591. The van der Waals surface area contributed by atoms with Gasteiger partial charge in [-0.1, -0.05) is 0 Å². The van der Waals surface area contributed by atoms with E-state index >= 15 is 0 Å². The van der Waals surface area contributed by atoms with E-state index in [1.54, 1.807) is 18.3 Å². The van der Waals surface area contributed by atoms with E-state index < -0.39 is 0 Å². The highest BCUT2D eigenvalue weighted by Gasteiger charge is 2.07. The fourth-order valence-corrected chi connectivity index (χ4v) is 1.86. The third kappa shape index (κ3) is 2.59. The molecule has 0 saturated carbocycles. The van der Waals surface area contributed by atoms with Gasteiger partial charge in [-0.3, -0.25) is 0 Å². The molecule has 2 rings (SSSR count).